The second kappa shape index (κ2) is 13.2. The molecule has 2 amide bonds. The van der Waals surface area contributed by atoms with Crippen molar-refractivity contribution in [3.05, 3.63) is 87.4 Å². The Bertz CT molecular complexity index is 1700. The lowest BCUT2D eigenvalue weighted by Gasteiger charge is -2.12. The van der Waals surface area contributed by atoms with E-state index >= 15 is 0 Å². The SMILES string of the molecule is COc1ccc(CCNC(=O)c2ccccc2NS(=O)(=O)c2nnc(NC(=O)c3ccc(Cl)cc3Cl)s2)cc1OC. The Kier molecular flexibility index (Phi) is 9.65. The number of carbonyl (C=O) groups excluding carboxylic acids is 2. The highest BCUT2D eigenvalue weighted by molar-refractivity contribution is 7.94. The Balaban J connectivity index is 1.41. The van der Waals surface area contributed by atoms with Gasteiger partial charge in [-0.1, -0.05) is 52.7 Å². The van der Waals surface area contributed by atoms with Gasteiger partial charge in [0.05, 0.1) is 36.1 Å². The first kappa shape index (κ1) is 30.1. The molecule has 0 aliphatic carbocycles. The third kappa shape index (κ3) is 7.44. The monoisotopic (exact) mass is 635 g/mol. The normalized spacial score (nSPS) is 11.0. The fourth-order valence-electron chi connectivity index (χ4n) is 3.62. The fourth-order valence-corrected chi connectivity index (χ4v) is 6.09. The Morgan fingerprint density at radius 2 is 1.66 bits per heavy atom. The molecule has 4 aromatic rings. The van der Waals surface area contributed by atoms with Crippen molar-refractivity contribution in [2.45, 2.75) is 10.8 Å². The van der Waals surface area contributed by atoms with Crippen LogP contribution >= 0.6 is 34.5 Å². The van der Waals surface area contributed by atoms with Gasteiger partial charge in [0.15, 0.2) is 11.5 Å². The van der Waals surface area contributed by atoms with Crippen LogP contribution in [0.15, 0.2) is 65.0 Å². The number of amides is 2. The Morgan fingerprint density at radius 1 is 0.902 bits per heavy atom. The fraction of sp³-hybridized carbons (Fsp3) is 0.154. The van der Waals surface area contributed by atoms with E-state index in [-0.39, 0.29) is 33.5 Å². The topological polar surface area (TPSA) is 149 Å². The summed E-state index contributed by atoms with van der Waals surface area (Å²) in [5.41, 5.74) is 1.19. The van der Waals surface area contributed by atoms with Crippen molar-refractivity contribution in [2.24, 2.45) is 0 Å². The average Bonchev–Trinajstić information content (AvgIpc) is 3.42. The molecule has 0 aliphatic rings. The number of sulfonamides is 1. The van der Waals surface area contributed by atoms with Gasteiger partial charge in [0.1, 0.15) is 0 Å². The minimum atomic E-state index is -4.25. The smallest absolute Gasteiger partial charge is 0.291 e. The Hall–Kier alpha value is -3.91. The van der Waals surface area contributed by atoms with Crippen molar-refractivity contribution in [3.8, 4) is 11.5 Å². The van der Waals surface area contributed by atoms with Crippen molar-refractivity contribution in [1.29, 1.82) is 0 Å². The summed E-state index contributed by atoms with van der Waals surface area (Å²) in [6, 6.07) is 15.9. The number of anilines is 2. The second-order valence-electron chi connectivity index (χ2n) is 8.30. The van der Waals surface area contributed by atoms with E-state index in [4.69, 9.17) is 32.7 Å². The maximum absolute atomic E-state index is 13.0. The molecule has 15 heteroatoms. The average molecular weight is 637 g/mol. The van der Waals surface area contributed by atoms with Crippen LogP contribution in [0.4, 0.5) is 10.8 Å². The number of hydrogen-bond donors (Lipinski definition) is 3. The highest BCUT2D eigenvalue weighted by Gasteiger charge is 2.24. The number of carbonyl (C=O) groups is 2. The first-order valence-corrected chi connectivity index (χ1v) is 14.9. The van der Waals surface area contributed by atoms with E-state index in [1.165, 1.54) is 37.4 Å². The molecule has 214 valence electrons. The molecular weight excluding hydrogens is 613 g/mol. The number of halogens is 2. The van der Waals surface area contributed by atoms with Crippen molar-refractivity contribution >= 4 is 67.2 Å². The second-order valence-corrected chi connectivity index (χ2v) is 12.0. The maximum Gasteiger partial charge on any atom is 0.291 e. The van der Waals surface area contributed by atoms with E-state index < -0.39 is 26.2 Å². The first-order valence-electron chi connectivity index (χ1n) is 11.8. The van der Waals surface area contributed by atoms with Crippen molar-refractivity contribution in [2.75, 3.05) is 30.8 Å². The number of benzene rings is 3. The van der Waals surface area contributed by atoms with E-state index in [1.54, 1.807) is 25.3 Å². The highest BCUT2D eigenvalue weighted by atomic mass is 35.5. The van der Waals surface area contributed by atoms with Gasteiger partial charge >= 0.3 is 0 Å². The molecule has 3 aromatic carbocycles. The summed E-state index contributed by atoms with van der Waals surface area (Å²) in [5.74, 6) is 0.0744. The lowest BCUT2D eigenvalue weighted by molar-refractivity contribution is 0.0954. The lowest BCUT2D eigenvalue weighted by atomic mass is 10.1. The molecule has 3 N–H and O–H groups in total. The number of nitrogens with one attached hydrogen (secondary N) is 3. The predicted molar refractivity (Wildman–Crippen MR) is 157 cm³/mol. The zero-order chi connectivity index (χ0) is 29.6. The number of hydrogen-bond acceptors (Lipinski definition) is 9. The summed E-state index contributed by atoms with van der Waals surface area (Å²) < 4.78 is 38.6. The third-order valence-corrected chi connectivity index (χ3v) is 8.72. The van der Waals surface area contributed by atoms with E-state index in [2.05, 4.69) is 25.6 Å². The lowest BCUT2D eigenvalue weighted by Crippen LogP contribution is -2.27. The van der Waals surface area contributed by atoms with Crippen LogP contribution in [-0.2, 0) is 16.4 Å². The van der Waals surface area contributed by atoms with Gasteiger partial charge in [-0.2, -0.15) is 8.42 Å². The predicted octanol–water partition coefficient (Wildman–Crippen LogP) is 4.89. The molecular formula is C26H23Cl2N5O6S2. The summed E-state index contributed by atoms with van der Waals surface area (Å²) in [4.78, 5) is 25.5. The van der Waals surface area contributed by atoms with Crippen molar-refractivity contribution in [1.82, 2.24) is 15.5 Å². The number of methoxy groups -OCH3 is 2. The van der Waals surface area contributed by atoms with Crippen LogP contribution in [0.2, 0.25) is 10.0 Å². The molecule has 1 aromatic heterocycles. The number of aromatic nitrogens is 2. The molecule has 0 radical (unpaired) electrons. The molecule has 0 spiro atoms. The summed E-state index contributed by atoms with van der Waals surface area (Å²) in [5, 5.41) is 13.1. The van der Waals surface area contributed by atoms with Gasteiger partial charge in [0.25, 0.3) is 26.2 Å². The van der Waals surface area contributed by atoms with Crippen LogP contribution in [0.3, 0.4) is 0 Å². The van der Waals surface area contributed by atoms with Crippen LogP contribution < -0.4 is 24.8 Å². The van der Waals surface area contributed by atoms with E-state index in [1.807, 2.05) is 12.1 Å². The van der Waals surface area contributed by atoms with Gasteiger partial charge in [-0.25, -0.2) is 0 Å². The van der Waals surface area contributed by atoms with Crippen LogP contribution in [-0.4, -0.2) is 51.2 Å². The van der Waals surface area contributed by atoms with Gasteiger partial charge in [0.2, 0.25) is 5.13 Å². The van der Waals surface area contributed by atoms with Crippen molar-refractivity contribution in [3.63, 3.8) is 0 Å². The number of para-hydroxylation sites is 1. The Labute approximate surface area is 249 Å². The molecule has 41 heavy (non-hydrogen) atoms. The quantitative estimate of drug-likeness (QED) is 0.197. The molecule has 0 fully saturated rings. The molecule has 1 heterocycles. The first-order chi connectivity index (χ1) is 19.6. The van der Waals surface area contributed by atoms with Gasteiger partial charge in [-0.15, -0.1) is 10.2 Å². The minimum Gasteiger partial charge on any atom is -0.493 e. The van der Waals surface area contributed by atoms with Gasteiger partial charge < -0.3 is 14.8 Å². The van der Waals surface area contributed by atoms with E-state index in [0.29, 0.717) is 34.3 Å². The molecule has 0 unspecified atom stereocenters. The zero-order valence-electron chi connectivity index (χ0n) is 21.6. The molecule has 0 bridgehead atoms. The summed E-state index contributed by atoms with van der Waals surface area (Å²) in [6.45, 7) is 0.284. The molecule has 11 nitrogen and oxygen atoms in total. The maximum atomic E-state index is 13.0. The highest BCUT2D eigenvalue weighted by Crippen LogP contribution is 2.28. The van der Waals surface area contributed by atoms with E-state index in [9.17, 15) is 18.0 Å². The largest absolute Gasteiger partial charge is 0.493 e. The van der Waals surface area contributed by atoms with Crippen LogP contribution in [0.5, 0.6) is 11.5 Å². The summed E-state index contributed by atoms with van der Waals surface area (Å²) >= 11 is 12.5. The summed E-state index contributed by atoms with van der Waals surface area (Å²) in [7, 11) is -1.16. The van der Waals surface area contributed by atoms with Crippen LogP contribution in [0.25, 0.3) is 0 Å². The standard InChI is InChI=1S/C26H23Cl2N5O6S2/c1-38-21-10-7-15(13-22(21)39-2)11-12-29-23(34)18-5-3-4-6-20(18)33-41(36,37)26-32-31-25(40-26)30-24(35)17-9-8-16(27)14-19(17)28/h3-10,13-14,33H,11-12H2,1-2H3,(H,29,34)(H,30,31,35). The van der Waals surface area contributed by atoms with Crippen LogP contribution in [0, 0.1) is 0 Å². The van der Waals surface area contributed by atoms with Gasteiger partial charge in [0, 0.05) is 11.6 Å². The van der Waals surface area contributed by atoms with Gasteiger partial charge in [-0.3, -0.25) is 19.6 Å². The van der Waals surface area contributed by atoms with Crippen LogP contribution in [0.1, 0.15) is 26.3 Å². The van der Waals surface area contributed by atoms with Gasteiger partial charge in [-0.05, 0) is 54.4 Å². The van der Waals surface area contributed by atoms with E-state index in [0.717, 1.165) is 5.56 Å². The number of ether oxygens (including phenoxy) is 2. The molecule has 0 atom stereocenters. The molecule has 0 aliphatic heterocycles. The summed E-state index contributed by atoms with van der Waals surface area (Å²) in [6.07, 6.45) is 0.500. The number of nitrogens with zero attached hydrogens (tertiary/aromatic N) is 2. The molecule has 0 saturated carbocycles. The number of rotatable bonds is 11. The Morgan fingerprint density at radius 3 is 2.39 bits per heavy atom. The molecule has 0 saturated heterocycles. The molecule has 4 rings (SSSR count). The zero-order valence-corrected chi connectivity index (χ0v) is 24.7. The minimum absolute atomic E-state index is 0.0462. The third-order valence-electron chi connectivity index (χ3n) is 5.60. The van der Waals surface area contributed by atoms with Crippen molar-refractivity contribution < 1.29 is 27.5 Å².